The normalized spacial score (nSPS) is 15.5. The topological polar surface area (TPSA) is 269 Å². The van der Waals surface area contributed by atoms with E-state index in [0.717, 1.165) is 179 Å². The molecule has 0 aliphatic carbocycles. The number of ether oxygens (including phenoxy) is 5. The zero-order valence-corrected chi connectivity index (χ0v) is 68.9. The van der Waals surface area contributed by atoms with Crippen molar-refractivity contribution in [3.05, 3.63) is 294 Å². The number of nitrogens with one attached hydrogen (secondary N) is 7. The number of hydrogen-bond acceptors (Lipinski definition) is 13. The average Bonchev–Trinajstić information content (AvgIpc) is 1.62. The minimum Gasteiger partial charge on any atom is -0.506 e. The molecule has 8 aromatic heterocycles. The van der Waals surface area contributed by atoms with Gasteiger partial charge in [-0.15, -0.1) is 0 Å². The fourth-order valence-corrected chi connectivity index (χ4v) is 14.2. The third-order valence-electron chi connectivity index (χ3n) is 19.6. The Morgan fingerprint density at radius 1 is 0.539 bits per heavy atom. The first kappa shape index (κ1) is 79.9. The Morgan fingerprint density at radius 2 is 1.08 bits per heavy atom. The highest BCUT2D eigenvalue weighted by atomic mass is 16.7. The standard InChI is InChI=1S/C26H32N4O.C25H27N3O4.C24H25N3O2.C19H17N3O/c1-16(2)31-25-15-24(28-23(25)14-22-17(3)13-18(4)27-22)26-20(11-12-30(5)6)19-9-7-8-10-21(19)29-26;1-14-10-15(2)26-18(14)12-21-23(30-6)13-20(28-21)19-11-16-17(27-19)8-7-9-22(16)31-24(29)32-25(3,4)5;1-14(2)24(28)27-21-9-7-6-8-17(21)11-22(27)19-13-23(29-5)20(26-19)12-18-15(3)10-16(4)25-18;1-11-7-12(2)20-15(11)9-18-19(23)10-17(22-18)16-8-13-5-3-4-6-14(13)21-16/h7-10,13-16,27-28H,11-12H2,1-6H3;7-13,26,28H,1-6H3;6-14,25H,1-5H3;3-10,20,22-23H,1-2H3/b23-14-,26-24?;20-19?,21-12-;20-12-;17-16?,18-9-. The number of rotatable bonds is 14. The molecule has 0 fully saturated rings. The maximum Gasteiger partial charge on any atom is 0.514 e. The molecule has 12 heterocycles. The third-order valence-corrected chi connectivity index (χ3v) is 19.6. The number of aryl methyl sites for hydroxylation is 8. The molecule has 8 N–H and O–H groups in total. The molecule has 0 amide bonds. The van der Waals surface area contributed by atoms with Gasteiger partial charge in [0.05, 0.1) is 103 Å². The van der Waals surface area contributed by atoms with Gasteiger partial charge in [-0.3, -0.25) is 9.36 Å². The molecule has 590 valence electrons. The van der Waals surface area contributed by atoms with Crippen molar-refractivity contribution in [2.45, 2.75) is 122 Å². The summed E-state index contributed by atoms with van der Waals surface area (Å²) in [6.07, 6.45) is 14.1. The fourth-order valence-electron chi connectivity index (χ4n) is 14.2. The SMILES string of the molecule is COC1=CC(c2cc3ccccc3n2C(=O)C(C)C)=N/C1=C\c1[nH]c(C)cc1C.COc1cc(=C2C=c3c(OC(=O)OC(C)(C)C)cccc3=N2)[nH]/c1=C\c1[nH]c(C)cc1C.Cc1cc(C)c(/C=c2\[nH]c(=C3C=c4ccccc4=N3)cc2O)[nH]1.Cc1cc(C)c(/C=c2\[nH]c(=C3N=c4ccccc4=C3CCN(C)C)cc2OC(C)C)[nH]1. The summed E-state index contributed by atoms with van der Waals surface area (Å²) in [6, 6.07) is 45.9. The van der Waals surface area contributed by atoms with Gasteiger partial charge in [0.25, 0.3) is 0 Å². The summed E-state index contributed by atoms with van der Waals surface area (Å²) >= 11 is 0. The molecule has 0 unspecified atom stereocenters. The van der Waals surface area contributed by atoms with Crippen molar-refractivity contribution in [3.8, 4) is 23.0 Å². The van der Waals surface area contributed by atoms with Crippen LogP contribution in [0.15, 0.2) is 177 Å². The Balaban J connectivity index is 0.000000134. The summed E-state index contributed by atoms with van der Waals surface area (Å²) in [7, 11) is 7.49. The molecule has 0 saturated carbocycles. The number of nitrogens with zero attached hydrogens (tertiary/aromatic N) is 6. The van der Waals surface area contributed by atoms with E-state index in [1.807, 2.05) is 151 Å². The number of H-pyrrole nitrogens is 7. The molecule has 4 aromatic carbocycles. The van der Waals surface area contributed by atoms with Gasteiger partial charge in [-0.2, -0.15) is 0 Å². The predicted octanol–water partition coefficient (Wildman–Crippen LogP) is 10.4. The third kappa shape index (κ3) is 18.3. The van der Waals surface area contributed by atoms with Crippen LogP contribution in [0.3, 0.4) is 0 Å². The Kier molecular flexibility index (Phi) is 23.4. The number of carbonyl (C=O) groups is 2. The van der Waals surface area contributed by atoms with E-state index in [4.69, 9.17) is 38.7 Å². The van der Waals surface area contributed by atoms with Crippen LogP contribution in [0.2, 0.25) is 0 Å². The van der Waals surface area contributed by atoms with Crippen molar-refractivity contribution in [2.75, 3.05) is 34.9 Å². The Hall–Kier alpha value is -13.1. The van der Waals surface area contributed by atoms with E-state index in [9.17, 15) is 14.7 Å². The number of methoxy groups -OCH3 is 2. The van der Waals surface area contributed by atoms with Gasteiger partial charge in [-0.25, -0.2) is 24.8 Å². The number of aromatic hydroxyl groups is 1. The van der Waals surface area contributed by atoms with Crippen molar-refractivity contribution in [2.24, 2.45) is 25.9 Å². The number of fused-ring (bicyclic) bond motifs is 4. The maximum absolute atomic E-state index is 13.0. The van der Waals surface area contributed by atoms with Gasteiger partial charge in [0.2, 0.25) is 5.91 Å². The van der Waals surface area contributed by atoms with Gasteiger partial charge >= 0.3 is 6.16 Å². The van der Waals surface area contributed by atoms with Gasteiger partial charge in [-0.1, -0.05) is 74.5 Å². The van der Waals surface area contributed by atoms with Crippen LogP contribution < -0.4 is 78.0 Å². The van der Waals surface area contributed by atoms with Crippen molar-refractivity contribution in [1.29, 1.82) is 0 Å². The van der Waals surface area contributed by atoms with E-state index in [1.165, 1.54) is 16.4 Å². The van der Waals surface area contributed by atoms with E-state index in [-0.39, 0.29) is 23.7 Å². The zero-order valence-electron chi connectivity index (χ0n) is 68.9. The lowest BCUT2D eigenvalue weighted by atomic mass is 10.1. The molecular weight excluding hydrogens is 1440 g/mol. The smallest absolute Gasteiger partial charge is 0.506 e. The molecule has 0 spiro atoms. The number of carbonyl (C=O) groups excluding carboxylic acids is 2. The van der Waals surface area contributed by atoms with Gasteiger partial charge in [0.15, 0.2) is 0 Å². The number of allylic oxidation sites excluding steroid dienone is 1. The van der Waals surface area contributed by atoms with E-state index in [0.29, 0.717) is 22.6 Å². The predicted molar refractivity (Wildman–Crippen MR) is 457 cm³/mol. The summed E-state index contributed by atoms with van der Waals surface area (Å²) in [5.74, 6) is 2.78. The molecule has 0 atom stereocenters. The summed E-state index contributed by atoms with van der Waals surface area (Å²) in [5.41, 5.74) is 19.6. The van der Waals surface area contributed by atoms with Crippen LogP contribution in [0.4, 0.5) is 4.79 Å². The van der Waals surface area contributed by atoms with Gasteiger partial charge < -0.3 is 68.6 Å². The molecule has 0 radical (unpaired) electrons. The van der Waals surface area contributed by atoms with Crippen LogP contribution in [0, 0.1) is 61.3 Å². The fraction of sp³-hybridized carbons (Fsp3) is 0.255. The molecule has 16 rings (SSSR count). The average molecular weight is 1540 g/mol. The minimum atomic E-state index is -0.747. The molecule has 12 aromatic rings. The second-order valence-electron chi connectivity index (χ2n) is 31.2. The number of hydrogen-bond donors (Lipinski definition) is 8. The first-order chi connectivity index (χ1) is 54.9. The molecule has 4 aliphatic heterocycles. The molecule has 0 saturated heterocycles. The van der Waals surface area contributed by atoms with Crippen LogP contribution in [0.1, 0.15) is 133 Å². The van der Waals surface area contributed by atoms with Crippen LogP contribution in [0.5, 0.6) is 23.0 Å². The highest BCUT2D eigenvalue weighted by Crippen LogP contribution is 2.30. The van der Waals surface area contributed by atoms with Gasteiger partial charge in [0, 0.05) is 103 Å². The van der Waals surface area contributed by atoms with E-state index >= 15 is 0 Å². The number of aromatic amines is 7. The molecule has 21 heteroatoms. The number of aliphatic imine (C=N–C) groups is 1. The number of para-hydroxylation sites is 3. The highest BCUT2D eigenvalue weighted by Gasteiger charge is 2.26. The summed E-state index contributed by atoms with van der Waals surface area (Å²) in [4.78, 5) is 70.2. The highest BCUT2D eigenvalue weighted by molar-refractivity contribution is 6.16. The molecule has 0 bridgehead atoms. The first-order valence-corrected chi connectivity index (χ1v) is 38.6. The summed E-state index contributed by atoms with van der Waals surface area (Å²) in [6.45, 7) is 30.7. The van der Waals surface area contributed by atoms with E-state index in [2.05, 4.69) is 155 Å². The second kappa shape index (κ2) is 33.7. The second-order valence-corrected chi connectivity index (χ2v) is 31.2. The Bertz CT molecular complexity index is 6700. The van der Waals surface area contributed by atoms with Crippen LogP contribution >= 0.6 is 0 Å². The van der Waals surface area contributed by atoms with Crippen molar-refractivity contribution >= 4 is 87.8 Å². The monoisotopic (exact) mass is 1540 g/mol. The van der Waals surface area contributed by atoms with E-state index in [1.54, 1.807) is 57.8 Å². The minimum absolute atomic E-state index is 0.0459. The molecule has 4 aliphatic rings. The lowest BCUT2D eigenvalue weighted by Crippen LogP contribution is -2.29. The van der Waals surface area contributed by atoms with Crippen LogP contribution in [0.25, 0.3) is 70.0 Å². The lowest BCUT2D eigenvalue weighted by molar-refractivity contribution is 0.0204. The molecular formula is C94H101N13O8. The molecule has 21 nitrogen and oxygen atoms in total. The van der Waals surface area contributed by atoms with Crippen molar-refractivity contribution < 1.29 is 38.4 Å². The van der Waals surface area contributed by atoms with Crippen LogP contribution in [-0.4, -0.2) is 114 Å². The zero-order chi connectivity index (χ0) is 81.8. The summed E-state index contributed by atoms with van der Waals surface area (Å²) in [5, 5.41) is 22.1. The number of aromatic nitrogens is 8. The molecule has 115 heavy (non-hydrogen) atoms. The van der Waals surface area contributed by atoms with Crippen molar-refractivity contribution in [3.63, 3.8) is 0 Å². The Morgan fingerprint density at radius 3 is 1.67 bits per heavy atom. The van der Waals surface area contributed by atoms with E-state index < -0.39 is 11.8 Å². The van der Waals surface area contributed by atoms with Crippen molar-refractivity contribution in [1.82, 2.24) is 44.4 Å². The number of benzene rings is 4. The quantitative estimate of drug-likeness (QED) is 0.0379. The maximum atomic E-state index is 13.0. The lowest BCUT2D eigenvalue weighted by Gasteiger charge is -2.18. The first-order valence-electron chi connectivity index (χ1n) is 38.6. The largest absolute Gasteiger partial charge is 0.514 e. The van der Waals surface area contributed by atoms with Gasteiger partial charge in [0.1, 0.15) is 40.1 Å². The van der Waals surface area contributed by atoms with Gasteiger partial charge in [-0.05, 0) is 235 Å². The van der Waals surface area contributed by atoms with Crippen LogP contribution in [-0.2, 0) is 9.47 Å². The Labute approximate surface area is 667 Å². The summed E-state index contributed by atoms with van der Waals surface area (Å²) < 4.78 is 29.8.